The molecule has 0 saturated heterocycles. The molecule has 10 heteroatoms. The van der Waals surface area contributed by atoms with Gasteiger partial charge in [0.25, 0.3) is 0 Å². The molecule has 0 saturated carbocycles. The number of rotatable bonds is 9. The van der Waals surface area contributed by atoms with Crippen LogP contribution in [-0.2, 0) is 13.0 Å². The quantitative estimate of drug-likeness (QED) is 0.208. The average molecular weight is 551 g/mol. The van der Waals surface area contributed by atoms with E-state index in [4.69, 9.17) is 20.9 Å². The van der Waals surface area contributed by atoms with Crippen LogP contribution < -0.4 is 20.9 Å². The van der Waals surface area contributed by atoms with Crippen molar-refractivity contribution in [3.8, 4) is 11.5 Å². The number of hydrogen-bond acceptors (Lipinski definition) is 10. The molecule has 1 aliphatic rings. The van der Waals surface area contributed by atoms with Crippen LogP contribution in [0.15, 0.2) is 84.2 Å². The largest absolute Gasteiger partial charge is 0.493 e. The summed E-state index contributed by atoms with van der Waals surface area (Å²) in [6, 6.07) is 18.9. The van der Waals surface area contributed by atoms with Crippen LogP contribution in [0.5, 0.6) is 11.5 Å². The summed E-state index contributed by atoms with van der Waals surface area (Å²) in [7, 11) is 3.00. The fraction of sp³-hybridized carbons (Fsp3) is 0.161. The Morgan fingerprint density at radius 1 is 1.05 bits per heavy atom. The van der Waals surface area contributed by atoms with Gasteiger partial charge >= 0.3 is 0 Å². The van der Waals surface area contributed by atoms with Gasteiger partial charge in [0.2, 0.25) is 5.95 Å². The predicted molar refractivity (Wildman–Crippen MR) is 157 cm³/mol. The van der Waals surface area contributed by atoms with E-state index in [0.717, 1.165) is 27.8 Å². The molecule has 3 aromatic carbocycles. The van der Waals surface area contributed by atoms with Gasteiger partial charge in [0.1, 0.15) is 11.9 Å². The van der Waals surface area contributed by atoms with Crippen LogP contribution in [0.4, 0.5) is 11.8 Å². The molecular weight excluding hydrogens is 520 g/mol. The molecule has 0 amide bonds. The number of hydrogen-bond donors (Lipinski definition) is 3. The highest BCUT2D eigenvalue weighted by Gasteiger charge is 2.26. The van der Waals surface area contributed by atoms with Gasteiger partial charge < -0.3 is 26.0 Å². The lowest BCUT2D eigenvalue weighted by Crippen LogP contribution is -2.25. The number of benzene rings is 3. The molecule has 2 heterocycles. The summed E-state index contributed by atoms with van der Waals surface area (Å²) in [6.07, 6.45) is 6.81. The molecule has 0 spiro atoms. The summed E-state index contributed by atoms with van der Waals surface area (Å²) in [6.45, 7) is -0.0416. The minimum atomic E-state index is -0.299. The number of aliphatic hydroxyl groups excluding tert-OH is 1. The molecule has 1 aromatic heterocycles. The maximum Gasteiger partial charge on any atom is 0.221 e. The number of allylic oxidation sites excluding steroid dienone is 1. The van der Waals surface area contributed by atoms with Crippen molar-refractivity contribution in [1.29, 1.82) is 0 Å². The Bertz CT molecular complexity index is 1630. The Hall–Kier alpha value is -5.22. The molecule has 0 radical (unpaired) electrons. The van der Waals surface area contributed by atoms with Gasteiger partial charge in [-0.15, -0.1) is 0 Å². The van der Waals surface area contributed by atoms with Crippen LogP contribution in [0.1, 0.15) is 49.8 Å². The maximum atomic E-state index is 13.6. The number of carbonyl (C=O) groups excluding carboxylic acids is 1. The van der Waals surface area contributed by atoms with Gasteiger partial charge in [-0.3, -0.25) is 9.80 Å². The lowest BCUT2D eigenvalue weighted by atomic mass is 9.93. The van der Waals surface area contributed by atoms with Crippen LogP contribution >= 0.6 is 0 Å². The first-order chi connectivity index (χ1) is 19.9. The van der Waals surface area contributed by atoms with E-state index in [1.54, 1.807) is 35.8 Å². The first kappa shape index (κ1) is 27.4. The van der Waals surface area contributed by atoms with E-state index in [9.17, 15) is 9.90 Å². The zero-order chi connectivity index (χ0) is 28.9. The van der Waals surface area contributed by atoms with Gasteiger partial charge in [-0.25, -0.2) is 4.98 Å². The number of ether oxygens (including phenoxy) is 2. The van der Waals surface area contributed by atoms with Gasteiger partial charge in [-0.05, 0) is 34.4 Å². The molecule has 10 nitrogen and oxygen atoms in total. The van der Waals surface area contributed by atoms with Crippen molar-refractivity contribution in [2.75, 3.05) is 25.7 Å². The van der Waals surface area contributed by atoms with Crippen LogP contribution in [-0.4, -0.2) is 46.3 Å². The van der Waals surface area contributed by atoms with Crippen LogP contribution in [0.2, 0.25) is 0 Å². The number of carbonyl (C=O) groups is 1. The second kappa shape index (κ2) is 11.9. The number of hydrazone groups is 1. The average Bonchev–Trinajstić information content (AvgIpc) is 3.00. The first-order valence-electron chi connectivity index (χ1n) is 12.9. The Labute approximate surface area is 237 Å². The third-order valence-electron chi connectivity index (χ3n) is 6.86. The highest BCUT2D eigenvalue weighted by atomic mass is 16.5. The third kappa shape index (κ3) is 5.73. The predicted octanol–water partition coefficient (Wildman–Crippen LogP) is 3.88. The highest BCUT2D eigenvalue weighted by molar-refractivity contribution is 6.07. The SMILES string of the molecule is COc1cc(Cc2cnc(N)nc2N)cc(C(=O)C=CN2N=Cc3ccccc3C2c2ccc(CO)cc2)c1OC. The molecule has 208 valence electrons. The van der Waals surface area contributed by atoms with Crippen molar-refractivity contribution < 1.29 is 19.4 Å². The Kier molecular flexibility index (Phi) is 7.93. The summed E-state index contributed by atoms with van der Waals surface area (Å²) in [5.41, 5.74) is 17.2. The smallest absolute Gasteiger partial charge is 0.221 e. The van der Waals surface area contributed by atoms with Crippen molar-refractivity contribution in [1.82, 2.24) is 15.0 Å². The first-order valence-corrected chi connectivity index (χ1v) is 12.9. The number of nitrogen functional groups attached to an aromatic ring is 2. The molecule has 1 unspecified atom stereocenters. The zero-order valence-corrected chi connectivity index (χ0v) is 22.7. The monoisotopic (exact) mass is 550 g/mol. The minimum Gasteiger partial charge on any atom is -0.493 e. The van der Waals surface area contributed by atoms with E-state index < -0.39 is 0 Å². The van der Waals surface area contributed by atoms with Gasteiger partial charge in [-0.2, -0.15) is 10.1 Å². The van der Waals surface area contributed by atoms with Gasteiger partial charge in [-0.1, -0.05) is 48.5 Å². The molecule has 0 aliphatic carbocycles. The number of methoxy groups -OCH3 is 2. The molecule has 41 heavy (non-hydrogen) atoms. The zero-order valence-electron chi connectivity index (χ0n) is 22.7. The van der Waals surface area contributed by atoms with E-state index in [1.165, 1.54) is 20.3 Å². The van der Waals surface area contributed by atoms with Crippen LogP contribution in [0.25, 0.3) is 0 Å². The standard InChI is InChI=1S/C31H30N6O4/c1-40-27-15-20(13-23-16-34-31(33)36-30(23)32)14-25(29(27)41-2)26(39)11-12-37-28(21-9-7-19(18-38)8-10-21)24-6-4-3-5-22(24)17-35-37/h3-12,14-17,28,38H,13,18H2,1-2H3,(H4,32,33,34,36). The summed E-state index contributed by atoms with van der Waals surface area (Å²) in [5.74, 6) is 0.776. The topological polar surface area (TPSA) is 149 Å². The van der Waals surface area contributed by atoms with E-state index >= 15 is 0 Å². The second-order valence-corrected chi connectivity index (χ2v) is 9.43. The van der Waals surface area contributed by atoms with Crippen molar-refractivity contribution in [2.24, 2.45) is 5.10 Å². The number of fused-ring (bicyclic) bond motifs is 1. The molecule has 0 fully saturated rings. The number of nitrogens with zero attached hydrogens (tertiary/aromatic N) is 4. The Balaban J connectivity index is 1.49. The van der Waals surface area contributed by atoms with E-state index in [2.05, 4.69) is 15.1 Å². The maximum absolute atomic E-state index is 13.6. The molecular formula is C31H30N6O4. The molecule has 0 bridgehead atoms. The van der Waals surface area contributed by atoms with Gasteiger partial charge in [0.05, 0.1) is 32.6 Å². The molecule has 5 rings (SSSR count). The Morgan fingerprint density at radius 2 is 1.83 bits per heavy atom. The van der Waals surface area contributed by atoms with Crippen LogP contribution in [0, 0.1) is 0 Å². The molecule has 5 N–H and O–H groups in total. The van der Waals surface area contributed by atoms with E-state index in [1.807, 2.05) is 48.5 Å². The summed E-state index contributed by atoms with van der Waals surface area (Å²) in [5, 5.41) is 15.9. The van der Waals surface area contributed by atoms with E-state index in [-0.39, 0.29) is 30.2 Å². The van der Waals surface area contributed by atoms with Gasteiger partial charge in [0, 0.05) is 36.0 Å². The van der Waals surface area contributed by atoms with Crippen molar-refractivity contribution >= 4 is 23.8 Å². The van der Waals surface area contributed by atoms with Crippen LogP contribution in [0.3, 0.4) is 0 Å². The number of nitrogens with two attached hydrogens (primary N) is 2. The van der Waals surface area contributed by atoms with Crippen molar-refractivity contribution in [3.05, 3.63) is 118 Å². The van der Waals surface area contributed by atoms with E-state index in [0.29, 0.717) is 29.0 Å². The minimum absolute atomic E-state index is 0.0416. The lowest BCUT2D eigenvalue weighted by molar-refractivity contribution is 0.104. The normalized spacial score (nSPS) is 14.2. The molecule has 1 atom stereocenters. The lowest BCUT2D eigenvalue weighted by Gasteiger charge is -2.31. The summed E-state index contributed by atoms with van der Waals surface area (Å²) < 4.78 is 11.1. The fourth-order valence-electron chi connectivity index (χ4n) is 4.81. The third-order valence-corrected chi connectivity index (χ3v) is 6.86. The Morgan fingerprint density at radius 3 is 2.54 bits per heavy atom. The number of aromatic nitrogens is 2. The fourth-order valence-corrected chi connectivity index (χ4v) is 4.81. The number of ketones is 1. The van der Waals surface area contributed by atoms with Crippen molar-refractivity contribution in [2.45, 2.75) is 19.1 Å². The van der Waals surface area contributed by atoms with Crippen molar-refractivity contribution in [3.63, 3.8) is 0 Å². The highest BCUT2D eigenvalue weighted by Crippen LogP contribution is 2.36. The number of anilines is 2. The number of aliphatic hydroxyl groups is 1. The van der Waals surface area contributed by atoms with Gasteiger partial charge in [0.15, 0.2) is 17.3 Å². The molecule has 1 aliphatic heterocycles. The molecule has 4 aromatic rings. The second-order valence-electron chi connectivity index (χ2n) is 9.43. The summed E-state index contributed by atoms with van der Waals surface area (Å²) >= 11 is 0. The summed E-state index contributed by atoms with van der Waals surface area (Å²) in [4.78, 5) is 21.7.